The maximum Gasteiger partial charge on any atom is 0.0363 e. The van der Waals surface area contributed by atoms with Gasteiger partial charge in [0.1, 0.15) is 0 Å². The molecule has 1 aromatic rings. The van der Waals surface area contributed by atoms with Gasteiger partial charge in [-0.15, -0.1) is 0 Å². The second-order valence-corrected chi connectivity index (χ2v) is 4.93. The first kappa shape index (κ1) is 10.3. The third kappa shape index (κ3) is 1.87. The van der Waals surface area contributed by atoms with E-state index in [1.165, 1.54) is 44.5 Å². The van der Waals surface area contributed by atoms with Gasteiger partial charge in [0.05, 0.1) is 0 Å². The number of benzene rings is 1. The predicted molar refractivity (Wildman–Crippen MR) is 66.4 cm³/mol. The van der Waals surface area contributed by atoms with Gasteiger partial charge in [0.15, 0.2) is 0 Å². The van der Waals surface area contributed by atoms with Gasteiger partial charge in [0.2, 0.25) is 0 Å². The molecule has 2 saturated heterocycles. The van der Waals surface area contributed by atoms with Crippen molar-refractivity contribution < 1.29 is 0 Å². The van der Waals surface area contributed by atoms with Crippen molar-refractivity contribution in [1.29, 1.82) is 0 Å². The molecule has 2 aliphatic rings. The summed E-state index contributed by atoms with van der Waals surface area (Å²) in [6.07, 6.45) is 3.99. The maximum absolute atomic E-state index is 3.45. The molecule has 0 aromatic heterocycles. The number of likely N-dealkylation sites (tertiary alicyclic amines) is 1. The van der Waals surface area contributed by atoms with Crippen LogP contribution in [0.5, 0.6) is 0 Å². The second kappa shape index (κ2) is 4.56. The Kier molecular flexibility index (Phi) is 2.94. The van der Waals surface area contributed by atoms with Crippen LogP contribution in [0.2, 0.25) is 0 Å². The minimum Gasteiger partial charge on any atom is -0.317 e. The third-order valence-electron chi connectivity index (χ3n) is 4.02. The van der Waals surface area contributed by atoms with Crippen LogP contribution in [0.15, 0.2) is 30.3 Å². The van der Waals surface area contributed by atoms with E-state index in [9.17, 15) is 0 Å². The highest BCUT2D eigenvalue weighted by Gasteiger charge is 2.34. The average molecular weight is 216 g/mol. The van der Waals surface area contributed by atoms with Crippen molar-refractivity contribution in [3.63, 3.8) is 0 Å². The van der Waals surface area contributed by atoms with Gasteiger partial charge in [-0.1, -0.05) is 30.3 Å². The van der Waals surface area contributed by atoms with Crippen LogP contribution in [0.1, 0.15) is 30.9 Å². The number of nitrogens with one attached hydrogen (secondary N) is 1. The molecule has 2 heterocycles. The Morgan fingerprint density at radius 2 is 1.75 bits per heavy atom. The van der Waals surface area contributed by atoms with E-state index in [1.807, 2.05) is 0 Å². The van der Waals surface area contributed by atoms with E-state index in [0.29, 0.717) is 6.04 Å². The van der Waals surface area contributed by atoms with E-state index < -0.39 is 0 Å². The lowest BCUT2D eigenvalue weighted by Gasteiger charge is -2.47. The van der Waals surface area contributed by atoms with E-state index in [1.54, 1.807) is 0 Å². The molecule has 0 saturated carbocycles. The number of hydrogen-bond acceptors (Lipinski definition) is 2. The molecule has 0 unspecified atom stereocenters. The molecule has 1 aromatic carbocycles. The van der Waals surface area contributed by atoms with Gasteiger partial charge in [-0.05, 0) is 37.9 Å². The Morgan fingerprint density at radius 3 is 2.38 bits per heavy atom. The molecule has 0 amide bonds. The van der Waals surface area contributed by atoms with Gasteiger partial charge in [-0.25, -0.2) is 0 Å². The first-order valence-electron chi connectivity index (χ1n) is 6.46. The zero-order valence-corrected chi connectivity index (χ0v) is 9.73. The molecule has 2 nitrogen and oxygen atoms in total. The van der Waals surface area contributed by atoms with Crippen LogP contribution in [0.4, 0.5) is 0 Å². The molecule has 86 valence electrons. The number of rotatable bonds is 2. The van der Waals surface area contributed by atoms with Gasteiger partial charge in [-0.2, -0.15) is 0 Å². The molecule has 16 heavy (non-hydrogen) atoms. The summed E-state index contributed by atoms with van der Waals surface area (Å²) in [7, 11) is 0. The second-order valence-electron chi connectivity index (χ2n) is 4.93. The van der Waals surface area contributed by atoms with Crippen LogP contribution in [-0.2, 0) is 0 Å². The van der Waals surface area contributed by atoms with Crippen LogP contribution in [0.3, 0.4) is 0 Å². The van der Waals surface area contributed by atoms with Crippen LogP contribution in [-0.4, -0.2) is 30.6 Å². The summed E-state index contributed by atoms with van der Waals surface area (Å²) in [5.41, 5.74) is 1.51. The summed E-state index contributed by atoms with van der Waals surface area (Å²) in [4.78, 5) is 2.70. The smallest absolute Gasteiger partial charge is 0.0363 e. The Hall–Kier alpha value is -0.860. The van der Waals surface area contributed by atoms with Crippen molar-refractivity contribution in [3.05, 3.63) is 35.9 Å². The quantitative estimate of drug-likeness (QED) is 0.815. The Balaban J connectivity index is 1.69. The summed E-state index contributed by atoms with van der Waals surface area (Å²) in [6.45, 7) is 3.69. The topological polar surface area (TPSA) is 15.3 Å². The molecule has 3 rings (SSSR count). The molecule has 0 bridgehead atoms. The first-order valence-corrected chi connectivity index (χ1v) is 6.46. The highest BCUT2D eigenvalue weighted by Crippen LogP contribution is 2.36. The van der Waals surface area contributed by atoms with Gasteiger partial charge in [0.25, 0.3) is 0 Å². The van der Waals surface area contributed by atoms with Crippen molar-refractivity contribution >= 4 is 0 Å². The highest BCUT2D eigenvalue weighted by molar-refractivity contribution is 5.21. The lowest BCUT2D eigenvalue weighted by Crippen LogP contribution is -2.51. The minimum absolute atomic E-state index is 0.698. The fourth-order valence-corrected chi connectivity index (χ4v) is 3.02. The van der Waals surface area contributed by atoms with E-state index >= 15 is 0 Å². The largest absolute Gasteiger partial charge is 0.317 e. The standard InChI is InChI=1S/C14H20N2/c1-2-4-12(5-3-1)14-8-11-16(14)13-6-9-15-10-7-13/h1-5,13-15H,6-11H2/t14-/m1/s1. The molecular weight excluding hydrogens is 196 g/mol. The summed E-state index contributed by atoms with van der Waals surface area (Å²) in [6, 6.07) is 12.5. The lowest BCUT2D eigenvalue weighted by atomic mass is 9.90. The fraction of sp³-hybridized carbons (Fsp3) is 0.571. The number of piperidine rings is 1. The zero-order chi connectivity index (χ0) is 10.8. The summed E-state index contributed by atoms with van der Waals surface area (Å²) in [5.74, 6) is 0. The number of hydrogen-bond donors (Lipinski definition) is 1. The van der Waals surface area contributed by atoms with Crippen molar-refractivity contribution in [2.24, 2.45) is 0 Å². The third-order valence-corrected chi connectivity index (χ3v) is 4.02. The van der Waals surface area contributed by atoms with Gasteiger partial charge < -0.3 is 5.32 Å². The summed E-state index contributed by atoms with van der Waals surface area (Å²) >= 11 is 0. The monoisotopic (exact) mass is 216 g/mol. The van der Waals surface area contributed by atoms with Gasteiger partial charge in [0, 0.05) is 18.6 Å². The highest BCUT2D eigenvalue weighted by atomic mass is 15.2. The van der Waals surface area contributed by atoms with E-state index in [2.05, 4.69) is 40.5 Å². The van der Waals surface area contributed by atoms with Crippen LogP contribution >= 0.6 is 0 Å². The van der Waals surface area contributed by atoms with Crippen molar-refractivity contribution in [1.82, 2.24) is 10.2 Å². The van der Waals surface area contributed by atoms with Crippen LogP contribution < -0.4 is 5.32 Å². The van der Waals surface area contributed by atoms with E-state index in [4.69, 9.17) is 0 Å². The molecule has 0 aliphatic carbocycles. The van der Waals surface area contributed by atoms with Crippen LogP contribution in [0, 0.1) is 0 Å². The molecule has 2 aliphatic heterocycles. The maximum atomic E-state index is 3.45. The molecule has 0 radical (unpaired) electrons. The molecule has 2 fully saturated rings. The lowest BCUT2D eigenvalue weighted by molar-refractivity contribution is 0.0259. The van der Waals surface area contributed by atoms with Gasteiger partial charge >= 0.3 is 0 Å². The number of nitrogens with zero attached hydrogens (tertiary/aromatic N) is 1. The Bertz CT molecular complexity index is 330. The predicted octanol–water partition coefficient (Wildman–Crippen LogP) is 2.19. The van der Waals surface area contributed by atoms with Crippen molar-refractivity contribution in [2.45, 2.75) is 31.3 Å². The first-order chi connectivity index (χ1) is 7.95. The molecule has 2 heteroatoms. The normalized spacial score (nSPS) is 27.6. The average Bonchev–Trinajstić information content (AvgIpc) is 2.30. The zero-order valence-electron chi connectivity index (χ0n) is 9.73. The van der Waals surface area contributed by atoms with Crippen molar-refractivity contribution in [2.75, 3.05) is 19.6 Å². The SMILES string of the molecule is c1ccc([C@H]2CCN2C2CCNCC2)cc1. The molecule has 1 N–H and O–H groups in total. The molecular formula is C14H20N2. The summed E-state index contributed by atoms with van der Waals surface area (Å²) in [5, 5.41) is 3.45. The Morgan fingerprint density at radius 1 is 1.00 bits per heavy atom. The van der Waals surface area contributed by atoms with Crippen molar-refractivity contribution in [3.8, 4) is 0 Å². The van der Waals surface area contributed by atoms with Gasteiger partial charge in [-0.3, -0.25) is 4.90 Å². The van der Waals surface area contributed by atoms with E-state index in [-0.39, 0.29) is 0 Å². The minimum atomic E-state index is 0.698. The Labute approximate surface area is 97.6 Å². The van der Waals surface area contributed by atoms with Crippen LogP contribution in [0.25, 0.3) is 0 Å². The summed E-state index contributed by atoms with van der Waals surface area (Å²) < 4.78 is 0. The fourth-order valence-electron chi connectivity index (χ4n) is 3.02. The molecule has 1 atom stereocenters. The molecule has 0 spiro atoms. The van der Waals surface area contributed by atoms with E-state index in [0.717, 1.165) is 6.04 Å².